The maximum atomic E-state index is 9.06. The Morgan fingerprint density at radius 1 is 1.44 bits per heavy atom. The van der Waals surface area contributed by atoms with Crippen LogP contribution in [0.3, 0.4) is 0 Å². The van der Waals surface area contributed by atoms with Gasteiger partial charge in [0.2, 0.25) is 0 Å². The molecule has 0 heterocycles. The van der Waals surface area contributed by atoms with Crippen LogP contribution < -0.4 is 5.32 Å². The summed E-state index contributed by atoms with van der Waals surface area (Å²) in [7, 11) is 0. The molecule has 2 rings (SSSR count). The zero-order valence-corrected chi connectivity index (χ0v) is 11.1. The zero-order valence-electron chi connectivity index (χ0n) is 9.55. The van der Waals surface area contributed by atoms with Crippen molar-refractivity contribution in [3.05, 3.63) is 28.2 Å². The number of hydrogen-bond donors (Lipinski definition) is 1. The average molecular weight is 279 g/mol. The molecular formula is C13H15BrN2. The highest BCUT2D eigenvalue weighted by molar-refractivity contribution is 9.10. The van der Waals surface area contributed by atoms with Gasteiger partial charge in [0.1, 0.15) is 6.07 Å². The Hall–Kier alpha value is -1.01. The summed E-state index contributed by atoms with van der Waals surface area (Å²) in [6, 6.07) is 7.94. The number of nitrogens with one attached hydrogen (secondary N) is 1. The summed E-state index contributed by atoms with van der Waals surface area (Å²) in [5.41, 5.74) is 1.71. The molecule has 0 bridgehead atoms. The third-order valence-electron chi connectivity index (χ3n) is 3.16. The Labute approximate surface area is 105 Å². The number of hydrogen-bond acceptors (Lipinski definition) is 2. The minimum atomic E-state index is 0.0758. The predicted octanol–water partition coefficient (Wildman–Crippen LogP) is 3.92. The molecule has 1 aromatic rings. The van der Waals surface area contributed by atoms with E-state index in [-0.39, 0.29) is 5.54 Å². The van der Waals surface area contributed by atoms with E-state index >= 15 is 0 Å². The second-order valence-electron chi connectivity index (χ2n) is 4.92. The number of rotatable bonds is 3. The first kappa shape index (κ1) is 11.5. The molecule has 1 saturated carbocycles. The lowest BCUT2D eigenvalue weighted by Gasteiger charge is -2.28. The maximum absolute atomic E-state index is 9.06. The van der Waals surface area contributed by atoms with Crippen molar-refractivity contribution in [2.24, 2.45) is 5.92 Å². The molecule has 0 unspecified atom stereocenters. The van der Waals surface area contributed by atoms with Crippen molar-refractivity contribution in [1.82, 2.24) is 0 Å². The van der Waals surface area contributed by atoms with Gasteiger partial charge in [-0.05, 0) is 50.8 Å². The quantitative estimate of drug-likeness (QED) is 0.910. The van der Waals surface area contributed by atoms with E-state index in [1.165, 1.54) is 12.8 Å². The van der Waals surface area contributed by atoms with Crippen molar-refractivity contribution >= 4 is 21.6 Å². The fourth-order valence-corrected chi connectivity index (χ4v) is 2.33. The molecule has 1 aliphatic rings. The van der Waals surface area contributed by atoms with Gasteiger partial charge in [-0.15, -0.1) is 0 Å². The summed E-state index contributed by atoms with van der Waals surface area (Å²) in [4.78, 5) is 0. The lowest BCUT2D eigenvalue weighted by Crippen LogP contribution is -2.33. The van der Waals surface area contributed by atoms with E-state index in [2.05, 4.69) is 41.2 Å². The van der Waals surface area contributed by atoms with Crippen LogP contribution in [0, 0.1) is 17.2 Å². The van der Waals surface area contributed by atoms with Crippen molar-refractivity contribution in [3.8, 4) is 6.07 Å². The standard InChI is InChI=1S/C13H15BrN2/c1-13(2,10-4-5-10)16-12-7-11(14)6-3-9(12)8-15/h3,6-7,10,16H,4-5H2,1-2H3. The summed E-state index contributed by atoms with van der Waals surface area (Å²) >= 11 is 3.44. The van der Waals surface area contributed by atoms with E-state index in [4.69, 9.17) is 5.26 Å². The largest absolute Gasteiger partial charge is 0.379 e. The summed E-state index contributed by atoms with van der Waals surface area (Å²) in [6.07, 6.45) is 2.58. The molecule has 0 amide bonds. The second kappa shape index (κ2) is 4.10. The third kappa shape index (κ3) is 2.38. The van der Waals surface area contributed by atoms with Crippen molar-refractivity contribution < 1.29 is 0 Å². The molecule has 0 aliphatic heterocycles. The molecular weight excluding hydrogens is 264 g/mol. The van der Waals surface area contributed by atoms with Crippen LogP contribution in [-0.2, 0) is 0 Å². The third-order valence-corrected chi connectivity index (χ3v) is 3.65. The van der Waals surface area contributed by atoms with E-state index in [9.17, 15) is 0 Å². The number of benzene rings is 1. The Morgan fingerprint density at radius 3 is 2.69 bits per heavy atom. The average Bonchev–Trinajstić information content (AvgIpc) is 3.00. The first-order valence-corrected chi connectivity index (χ1v) is 6.30. The molecule has 16 heavy (non-hydrogen) atoms. The maximum Gasteiger partial charge on any atom is 0.101 e. The van der Waals surface area contributed by atoms with Crippen molar-refractivity contribution in [1.29, 1.82) is 5.26 Å². The fraction of sp³-hybridized carbons (Fsp3) is 0.462. The van der Waals surface area contributed by atoms with Crippen LogP contribution in [0.2, 0.25) is 0 Å². The highest BCUT2D eigenvalue weighted by Gasteiger charge is 2.37. The van der Waals surface area contributed by atoms with Gasteiger partial charge in [0.05, 0.1) is 11.3 Å². The molecule has 0 atom stereocenters. The minimum absolute atomic E-state index is 0.0758. The topological polar surface area (TPSA) is 35.8 Å². The van der Waals surface area contributed by atoms with Gasteiger partial charge in [-0.2, -0.15) is 5.26 Å². The molecule has 0 spiro atoms. The van der Waals surface area contributed by atoms with E-state index in [1.807, 2.05) is 18.2 Å². The van der Waals surface area contributed by atoms with Crippen LogP contribution >= 0.6 is 15.9 Å². The van der Waals surface area contributed by atoms with Crippen molar-refractivity contribution in [3.63, 3.8) is 0 Å². The van der Waals surface area contributed by atoms with Crippen LogP contribution in [0.5, 0.6) is 0 Å². The van der Waals surface area contributed by atoms with Gasteiger partial charge in [0.25, 0.3) is 0 Å². The molecule has 0 aromatic heterocycles. The first-order chi connectivity index (χ1) is 7.53. The van der Waals surface area contributed by atoms with Gasteiger partial charge >= 0.3 is 0 Å². The molecule has 1 aromatic carbocycles. The molecule has 0 saturated heterocycles. The second-order valence-corrected chi connectivity index (χ2v) is 5.84. The van der Waals surface area contributed by atoms with Crippen molar-refractivity contribution in [2.45, 2.75) is 32.2 Å². The van der Waals surface area contributed by atoms with Gasteiger partial charge in [-0.1, -0.05) is 15.9 Å². The summed E-state index contributed by atoms with van der Waals surface area (Å²) < 4.78 is 1.00. The highest BCUT2D eigenvalue weighted by Crippen LogP contribution is 2.41. The van der Waals surface area contributed by atoms with Crippen molar-refractivity contribution in [2.75, 3.05) is 5.32 Å². The van der Waals surface area contributed by atoms with Gasteiger partial charge in [-0.3, -0.25) is 0 Å². The molecule has 1 N–H and O–H groups in total. The molecule has 2 nitrogen and oxygen atoms in total. The van der Waals surface area contributed by atoms with Gasteiger partial charge < -0.3 is 5.32 Å². The summed E-state index contributed by atoms with van der Waals surface area (Å²) in [5.74, 6) is 0.734. The predicted molar refractivity (Wildman–Crippen MR) is 69.3 cm³/mol. The molecule has 1 fully saturated rings. The normalized spacial score (nSPS) is 15.6. The zero-order chi connectivity index (χ0) is 11.8. The number of anilines is 1. The Bertz CT molecular complexity index is 442. The molecule has 3 heteroatoms. The van der Waals surface area contributed by atoms with Gasteiger partial charge in [-0.25, -0.2) is 0 Å². The van der Waals surface area contributed by atoms with Gasteiger partial charge in [0, 0.05) is 10.0 Å². The van der Waals surface area contributed by atoms with Crippen LogP contribution in [0.25, 0.3) is 0 Å². The molecule has 1 aliphatic carbocycles. The molecule has 84 valence electrons. The van der Waals surface area contributed by atoms with E-state index in [0.717, 1.165) is 16.1 Å². The van der Waals surface area contributed by atoms with Crippen LogP contribution in [0.4, 0.5) is 5.69 Å². The number of nitrogens with zero attached hydrogens (tertiary/aromatic N) is 1. The highest BCUT2D eigenvalue weighted by atomic mass is 79.9. The SMILES string of the molecule is CC(C)(Nc1cc(Br)ccc1C#N)C1CC1. The Balaban J connectivity index is 2.26. The Kier molecular flexibility index (Phi) is 2.94. The fourth-order valence-electron chi connectivity index (χ4n) is 1.97. The van der Waals surface area contributed by atoms with Crippen LogP contribution in [-0.4, -0.2) is 5.54 Å². The Morgan fingerprint density at radius 2 is 2.12 bits per heavy atom. The van der Waals surface area contributed by atoms with E-state index in [1.54, 1.807) is 0 Å². The summed E-state index contributed by atoms with van der Waals surface area (Å²) in [5, 5.41) is 12.5. The summed E-state index contributed by atoms with van der Waals surface area (Å²) in [6.45, 7) is 4.40. The molecule has 0 radical (unpaired) electrons. The minimum Gasteiger partial charge on any atom is -0.379 e. The van der Waals surface area contributed by atoms with E-state index in [0.29, 0.717) is 5.56 Å². The smallest absolute Gasteiger partial charge is 0.101 e. The van der Waals surface area contributed by atoms with E-state index < -0.39 is 0 Å². The lowest BCUT2D eigenvalue weighted by atomic mass is 9.97. The first-order valence-electron chi connectivity index (χ1n) is 5.51. The lowest BCUT2D eigenvalue weighted by molar-refractivity contribution is 0.494. The number of nitriles is 1. The van der Waals surface area contributed by atoms with Crippen LogP contribution in [0.1, 0.15) is 32.3 Å². The number of halogens is 1. The van der Waals surface area contributed by atoms with Gasteiger partial charge in [0.15, 0.2) is 0 Å². The van der Waals surface area contributed by atoms with Crippen LogP contribution in [0.15, 0.2) is 22.7 Å². The monoisotopic (exact) mass is 278 g/mol.